The number of thiophene rings is 1. The molecule has 0 amide bonds. The van der Waals surface area contributed by atoms with Crippen LogP contribution in [0.3, 0.4) is 0 Å². The summed E-state index contributed by atoms with van der Waals surface area (Å²) in [4.78, 5) is 11.5. The number of hydrogen-bond acceptors (Lipinski definition) is 3. The number of carbonyl (C=O) groups excluding carboxylic acids is 1. The van der Waals surface area contributed by atoms with E-state index >= 15 is 0 Å². The number of hydrogen-bond donors (Lipinski definition) is 0. The van der Waals surface area contributed by atoms with Crippen LogP contribution in [0.2, 0.25) is 0 Å². The van der Waals surface area contributed by atoms with E-state index in [-0.39, 0.29) is 5.97 Å². The standard InChI is InChI=1S/C9H10O2S/c1-8(10)11-6-2-4-9-5-3-7-12-9/h2-5,7H,6H2,1H3. The van der Waals surface area contributed by atoms with Gasteiger partial charge in [0.05, 0.1) is 0 Å². The van der Waals surface area contributed by atoms with Crippen LogP contribution >= 0.6 is 11.3 Å². The van der Waals surface area contributed by atoms with E-state index in [0.29, 0.717) is 6.61 Å². The second kappa shape index (κ2) is 4.72. The fourth-order valence-electron chi connectivity index (χ4n) is 0.716. The van der Waals surface area contributed by atoms with E-state index < -0.39 is 0 Å². The van der Waals surface area contributed by atoms with Crippen molar-refractivity contribution in [2.45, 2.75) is 6.92 Å². The molecule has 64 valence electrons. The molecule has 0 aliphatic heterocycles. The highest BCUT2D eigenvalue weighted by Crippen LogP contribution is 2.09. The summed E-state index contributed by atoms with van der Waals surface area (Å²) < 4.78 is 4.72. The van der Waals surface area contributed by atoms with Crippen LogP contribution in [-0.4, -0.2) is 12.6 Å². The van der Waals surface area contributed by atoms with Crippen molar-refractivity contribution in [3.8, 4) is 0 Å². The van der Waals surface area contributed by atoms with E-state index in [9.17, 15) is 4.79 Å². The second-order valence-corrected chi connectivity index (χ2v) is 3.20. The third kappa shape index (κ3) is 3.34. The first-order valence-corrected chi connectivity index (χ1v) is 4.50. The van der Waals surface area contributed by atoms with Gasteiger partial charge in [-0.2, -0.15) is 0 Å². The maximum atomic E-state index is 10.4. The van der Waals surface area contributed by atoms with Gasteiger partial charge in [0, 0.05) is 11.8 Å². The summed E-state index contributed by atoms with van der Waals surface area (Å²) in [6.45, 7) is 1.76. The summed E-state index contributed by atoms with van der Waals surface area (Å²) in [7, 11) is 0. The van der Waals surface area contributed by atoms with Gasteiger partial charge in [-0.25, -0.2) is 0 Å². The van der Waals surface area contributed by atoms with E-state index in [1.807, 2.05) is 29.7 Å². The van der Waals surface area contributed by atoms with Crippen molar-refractivity contribution in [2.24, 2.45) is 0 Å². The number of ether oxygens (including phenoxy) is 1. The summed E-state index contributed by atoms with van der Waals surface area (Å²) in [5.41, 5.74) is 0. The number of esters is 1. The SMILES string of the molecule is CC(=O)OCC=Cc1cccs1. The molecule has 0 saturated carbocycles. The Balaban J connectivity index is 2.27. The molecule has 1 rings (SSSR count). The van der Waals surface area contributed by atoms with Gasteiger partial charge in [-0.15, -0.1) is 11.3 Å². The minimum atomic E-state index is -0.245. The van der Waals surface area contributed by atoms with E-state index in [1.54, 1.807) is 11.3 Å². The molecule has 2 nitrogen and oxygen atoms in total. The lowest BCUT2D eigenvalue weighted by Crippen LogP contribution is -1.96. The molecular weight excluding hydrogens is 172 g/mol. The van der Waals surface area contributed by atoms with Crippen LogP contribution in [0.1, 0.15) is 11.8 Å². The fraction of sp³-hybridized carbons (Fsp3) is 0.222. The van der Waals surface area contributed by atoms with Crippen molar-refractivity contribution in [1.29, 1.82) is 0 Å². The van der Waals surface area contributed by atoms with Crippen LogP contribution in [0.15, 0.2) is 23.6 Å². The highest BCUT2D eigenvalue weighted by Gasteiger charge is 1.88. The Morgan fingerprint density at radius 3 is 3.17 bits per heavy atom. The minimum Gasteiger partial charge on any atom is -0.462 e. The van der Waals surface area contributed by atoms with Crippen LogP contribution < -0.4 is 0 Å². The van der Waals surface area contributed by atoms with Crippen molar-refractivity contribution in [2.75, 3.05) is 6.61 Å². The van der Waals surface area contributed by atoms with Crippen LogP contribution in [0, 0.1) is 0 Å². The maximum absolute atomic E-state index is 10.4. The third-order valence-corrected chi connectivity index (χ3v) is 2.05. The molecule has 3 heteroatoms. The zero-order valence-electron chi connectivity index (χ0n) is 6.82. The molecule has 1 aromatic rings. The molecule has 0 aliphatic carbocycles. The molecule has 0 N–H and O–H groups in total. The summed E-state index contributed by atoms with van der Waals surface area (Å²) in [6.07, 6.45) is 3.76. The fourth-order valence-corrected chi connectivity index (χ4v) is 1.36. The summed E-state index contributed by atoms with van der Waals surface area (Å²) in [6, 6.07) is 3.99. The van der Waals surface area contributed by atoms with Gasteiger partial charge in [-0.05, 0) is 23.6 Å². The van der Waals surface area contributed by atoms with Crippen LogP contribution in [0.4, 0.5) is 0 Å². The first kappa shape index (κ1) is 9.00. The van der Waals surface area contributed by atoms with Gasteiger partial charge in [0.25, 0.3) is 0 Å². The van der Waals surface area contributed by atoms with Crippen molar-refractivity contribution in [3.63, 3.8) is 0 Å². The summed E-state index contributed by atoms with van der Waals surface area (Å²) in [5.74, 6) is -0.245. The van der Waals surface area contributed by atoms with Gasteiger partial charge in [0.2, 0.25) is 0 Å². The first-order chi connectivity index (χ1) is 5.79. The largest absolute Gasteiger partial charge is 0.462 e. The molecule has 1 heterocycles. The Hall–Kier alpha value is -1.09. The van der Waals surface area contributed by atoms with Gasteiger partial charge >= 0.3 is 5.97 Å². The molecule has 0 atom stereocenters. The smallest absolute Gasteiger partial charge is 0.302 e. The van der Waals surface area contributed by atoms with Crippen molar-refractivity contribution in [1.82, 2.24) is 0 Å². The second-order valence-electron chi connectivity index (χ2n) is 2.22. The van der Waals surface area contributed by atoms with E-state index in [0.717, 1.165) is 0 Å². The van der Waals surface area contributed by atoms with Crippen LogP contribution in [0.5, 0.6) is 0 Å². The third-order valence-electron chi connectivity index (χ3n) is 1.21. The quantitative estimate of drug-likeness (QED) is 0.670. The van der Waals surface area contributed by atoms with Gasteiger partial charge in [-0.3, -0.25) is 4.79 Å². The molecule has 0 fully saturated rings. The lowest BCUT2D eigenvalue weighted by molar-refractivity contribution is -0.139. The molecule has 1 aromatic heterocycles. The zero-order valence-corrected chi connectivity index (χ0v) is 7.64. The monoisotopic (exact) mass is 182 g/mol. The predicted octanol–water partition coefficient (Wildman–Crippen LogP) is 2.32. The zero-order chi connectivity index (χ0) is 8.81. The van der Waals surface area contributed by atoms with Crippen molar-refractivity contribution < 1.29 is 9.53 Å². The minimum absolute atomic E-state index is 0.245. The Bertz CT molecular complexity index is 262. The van der Waals surface area contributed by atoms with Gasteiger partial charge in [0.15, 0.2) is 0 Å². The normalized spacial score (nSPS) is 10.4. The molecular formula is C9H10O2S. The Labute approximate surface area is 75.5 Å². The van der Waals surface area contributed by atoms with E-state index in [2.05, 4.69) is 0 Å². The molecule has 0 unspecified atom stereocenters. The maximum Gasteiger partial charge on any atom is 0.302 e. The van der Waals surface area contributed by atoms with Crippen molar-refractivity contribution >= 4 is 23.4 Å². The van der Waals surface area contributed by atoms with Gasteiger partial charge in [0.1, 0.15) is 6.61 Å². The van der Waals surface area contributed by atoms with Crippen molar-refractivity contribution in [3.05, 3.63) is 28.5 Å². The lowest BCUT2D eigenvalue weighted by atomic mass is 10.4. The lowest BCUT2D eigenvalue weighted by Gasteiger charge is -1.93. The molecule has 0 aliphatic rings. The average Bonchev–Trinajstić information content (AvgIpc) is 2.49. The summed E-state index contributed by atoms with van der Waals surface area (Å²) in [5, 5.41) is 2.01. The van der Waals surface area contributed by atoms with Crippen LogP contribution in [0.25, 0.3) is 6.08 Å². The van der Waals surface area contributed by atoms with Gasteiger partial charge < -0.3 is 4.74 Å². The highest BCUT2D eigenvalue weighted by molar-refractivity contribution is 7.10. The van der Waals surface area contributed by atoms with Gasteiger partial charge in [-0.1, -0.05) is 6.07 Å². The van der Waals surface area contributed by atoms with Crippen LogP contribution in [-0.2, 0) is 9.53 Å². The molecule has 12 heavy (non-hydrogen) atoms. The Morgan fingerprint density at radius 2 is 2.58 bits per heavy atom. The Morgan fingerprint density at radius 1 is 1.75 bits per heavy atom. The molecule has 0 bridgehead atoms. The molecule has 0 saturated heterocycles. The molecule has 0 spiro atoms. The van der Waals surface area contributed by atoms with E-state index in [1.165, 1.54) is 11.8 Å². The number of carbonyl (C=O) groups is 1. The molecule has 0 radical (unpaired) electrons. The topological polar surface area (TPSA) is 26.3 Å². The Kier molecular flexibility index (Phi) is 3.54. The summed E-state index contributed by atoms with van der Waals surface area (Å²) >= 11 is 1.65. The first-order valence-electron chi connectivity index (χ1n) is 3.62. The average molecular weight is 182 g/mol. The van der Waals surface area contributed by atoms with E-state index in [4.69, 9.17) is 4.74 Å². The number of rotatable bonds is 3. The molecule has 0 aromatic carbocycles. The predicted molar refractivity (Wildman–Crippen MR) is 50.0 cm³/mol. The highest BCUT2D eigenvalue weighted by atomic mass is 32.1.